The van der Waals surface area contributed by atoms with Gasteiger partial charge in [-0.3, -0.25) is 13.9 Å². The molecule has 0 bridgehead atoms. The number of rotatable bonds is 13. The second-order valence-electron chi connectivity index (χ2n) is 10.2. The van der Waals surface area contributed by atoms with Crippen molar-refractivity contribution in [3.63, 3.8) is 0 Å². The maximum Gasteiger partial charge on any atom is 0.264 e. The topological polar surface area (TPSA) is 96.0 Å². The molecule has 0 aliphatic heterocycles. The fourth-order valence-electron chi connectivity index (χ4n) is 5.19. The van der Waals surface area contributed by atoms with Crippen molar-refractivity contribution in [3.05, 3.63) is 90.5 Å². The van der Waals surface area contributed by atoms with Crippen LogP contribution in [0.2, 0.25) is 0 Å². The summed E-state index contributed by atoms with van der Waals surface area (Å²) in [6.07, 6.45) is 4.40. The Kier molecular flexibility index (Phi) is 10.4. The predicted molar refractivity (Wildman–Crippen MR) is 160 cm³/mol. The van der Waals surface area contributed by atoms with Gasteiger partial charge in [-0.1, -0.05) is 68.3 Å². The number of para-hydroxylation sites is 1. The molecule has 1 aliphatic carbocycles. The van der Waals surface area contributed by atoms with Crippen LogP contribution in [0.15, 0.2) is 89.8 Å². The monoisotopic (exact) mass is 577 g/mol. The summed E-state index contributed by atoms with van der Waals surface area (Å²) in [5, 5.41) is 3.13. The van der Waals surface area contributed by atoms with E-state index < -0.39 is 28.5 Å². The Balaban J connectivity index is 1.67. The molecule has 4 rings (SSSR count). The molecule has 0 unspecified atom stereocenters. The zero-order valence-corrected chi connectivity index (χ0v) is 24.6. The first-order chi connectivity index (χ1) is 19.8. The molecule has 1 fully saturated rings. The van der Waals surface area contributed by atoms with Crippen molar-refractivity contribution in [1.29, 1.82) is 0 Å². The van der Waals surface area contributed by atoms with Crippen LogP contribution in [0.25, 0.3) is 0 Å². The predicted octanol–water partition coefficient (Wildman–Crippen LogP) is 5.15. The average Bonchev–Trinajstić information content (AvgIpc) is 3.50. The number of amides is 2. The molecular formula is C32H39N3O5S. The highest BCUT2D eigenvalue weighted by atomic mass is 32.2. The minimum atomic E-state index is -4.13. The zero-order chi connectivity index (χ0) is 29.2. The summed E-state index contributed by atoms with van der Waals surface area (Å²) >= 11 is 0. The second-order valence-corrected chi connectivity index (χ2v) is 12.0. The molecule has 0 saturated heterocycles. The molecule has 218 valence electrons. The molecule has 3 aromatic rings. The molecule has 8 nitrogen and oxygen atoms in total. The molecule has 3 aromatic carbocycles. The minimum absolute atomic E-state index is 0.0400. The number of anilines is 1. The third kappa shape index (κ3) is 7.67. The number of hydrogen-bond donors (Lipinski definition) is 1. The maximum atomic E-state index is 14.1. The normalized spacial score (nSPS) is 14.3. The minimum Gasteiger partial charge on any atom is -0.494 e. The molecule has 9 heteroatoms. The number of sulfonamides is 1. The second kappa shape index (κ2) is 14.2. The largest absolute Gasteiger partial charge is 0.494 e. The Morgan fingerprint density at radius 3 is 2.10 bits per heavy atom. The van der Waals surface area contributed by atoms with Crippen molar-refractivity contribution >= 4 is 27.5 Å². The fraction of sp³-hybridized carbons (Fsp3) is 0.375. The van der Waals surface area contributed by atoms with Gasteiger partial charge >= 0.3 is 0 Å². The summed E-state index contributed by atoms with van der Waals surface area (Å²) in [4.78, 5) is 29.1. The van der Waals surface area contributed by atoms with Gasteiger partial charge in [0.15, 0.2) is 0 Å². The quantitative estimate of drug-likeness (QED) is 0.303. The van der Waals surface area contributed by atoms with Gasteiger partial charge in [0.2, 0.25) is 11.8 Å². The van der Waals surface area contributed by atoms with E-state index >= 15 is 0 Å². The van der Waals surface area contributed by atoms with E-state index in [4.69, 9.17) is 4.74 Å². The lowest BCUT2D eigenvalue weighted by Gasteiger charge is -2.33. The van der Waals surface area contributed by atoms with E-state index in [0.717, 1.165) is 35.6 Å². The van der Waals surface area contributed by atoms with E-state index in [2.05, 4.69) is 5.32 Å². The number of carbonyl (C=O) groups excluding carboxylic acids is 2. The molecule has 1 atom stereocenters. The molecule has 1 saturated carbocycles. The molecule has 0 heterocycles. The molecule has 2 amide bonds. The number of carbonyl (C=O) groups is 2. The van der Waals surface area contributed by atoms with Crippen molar-refractivity contribution in [2.24, 2.45) is 0 Å². The fourth-order valence-corrected chi connectivity index (χ4v) is 6.61. The summed E-state index contributed by atoms with van der Waals surface area (Å²) < 4.78 is 34.5. The zero-order valence-electron chi connectivity index (χ0n) is 23.7. The van der Waals surface area contributed by atoms with Gasteiger partial charge in [0.05, 0.1) is 17.2 Å². The van der Waals surface area contributed by atoms with Crippen LogP contribution in [0.3, 0.4) is 0 Å². The number of ether oxygens (including phenoxy) is 1. The highest BCUT2D eigenvalue weighted by molar-refractivity contribution is 7.92. The van der Waals surface area contributed by atoms with Gasteiger partial charge in [-0.05, 0) is 68.1 Å². The third-order valence-electron chi connectivity index (χ3n) is 7.33. The van der Waals surface area contributed by atoms with Gasteiger partial charge in [-0.25, -0.2) is 8.42 Å². The standard InChI is InChI=1S/C32H39N3O5S/c1-3-30(32(37)33-26-15-11-12-16-26)34(23-25-13-7-5-8-14-25)31(36)24-35(27-17-9-6-10-18-27)41(38,39)29-21-19-28(20-22-29)40-4-2/h5-10,13-14,17-22,26,30H,3-4,11-12,15-16,23-24H2,1-2H3,(H,33,37)/t30-/m0/s1. The Morgan fingerprint density at radius 2 is 1.51 bits per heavy atom. The van der Waals surface area contributed by atoms with Gasteiger partial charge in [0, 0.05) is 12.6 Å². The molecule has 41 heavy (non-hydrogen) atoms. The number of nitrogens with zero attached hydrogens (tertiary/aromatic N) is 2. The molecule has 0 aromatic heterocycles. The first-order valence-electron chi connectivity index (χ1n) is 14.3. The molecule has 1 aliphatic rings. The number of benzene rings is 3. The van der Waals surface area contributed by atoms with Crippen LogP contribution in [-0.4, -0.2) is 50.4 Å². The van der Waals surface area contributed by atoms with Crippen LogP contribution in [0, 0.1) is 0 Å². The van der Waals surface area contributed by atoms with E-state index in [-0.39, 0.29) is 23.4 Å². The van der Waals surface area contributed by atoms with Crippen molar-refractivity contribution in [2.75, 3.05) is 17.5 Å². The smallest absolute Gasteiger partial charge is 0.264 e. The first kappa shape index (κ1) is 30.1. The van der Waals surface area contributed by atoms with Crippen molar-refractivity contribution in [1.82, 2.24) is 10.2 Å². The van der Waals surface area contributed by atoms with Crippen LogP contribution in [-0.2, 0) is 26.2 Å². The lowest BCUT2D eigenvalue weighted by atomic mass is 10.1. The number of nitrogens with one attached hydrogen (secondary N) is 1. The van der Waals surface area contributed by atoms with Gasteiger partial charge in [-0.15, -0.1) is 0 Å². The highest BCUT2D eigenvalue weighted by Gasteiger charge is 2.34. The van der Waals surface area contributed by atoms with E-state index in [1.54, 1.807) is 42.5 Å². The summed E-state index contributed by atoms with van der Waals surface area (Å²) in [5.41, 5.74) is 1.21. The Bertz CT molecular complexity index is 1380. The third-order valence-corrected chi connectivity index (χ3v) is 9.12. The Morgan fingerprint density at radius 1 is 0.902 bits per heavy atom. The molecule has 0 spiro atoms. The summed E-state index contributed by atoms with van der Waals surface area (Å²) in [6.45, 7) is 3.91. The van der Waals surface area contributed by atoms with Crippen molar-refractivity contribution in [3.8, 4) is 5.75 Å². The van der Waals surface area contributed by atoms with E-state index in [9.17, 15) is 18.0 Å². The van der Waals surface area contributed by atoms with Gasteiger partial charge in [0.1, 0.15) is 18.3 Å². The first-order valence-corrected chi connectivity index (χ1v) is 15.7. The van der Waals surface area contributed by atoms with Crippen molar-refractivity contribution in [2.45, 2.75) is 69.5 Å². The Labute approximate surface area is 243 Å². The SMILES string of the molecule is CCOc1ccc(S(=O)(=O)N(CC(=O)N(Cc2ccccc2)[C@@H](CC)C(=O)NC2CCCC2)c2ccccc2)cc1. The van der Waals surface area contributed by atoms with E-state index in [1.165, 1.54) is 17.0 Å². The van der Waals surface area contributed by atoms with E-state index in [1.807, 2.05) is 44.2 Å². The molecule has 0 radical (unpaired) electrons. The van der Waals surface area contributed by atoms with Gasteiger partial charge < -0.3 is 15.0 Å². The summed E-state index contributed by atoms with van der Waals surface area (Å²) in [7, 11) is -4.13. The highest BCUT2D eigenvalue weighted by Crippen LogP contribution is 2.26. The maximum absolute atomic E-state index is 14.1. The van der Waals surface area contributed by atoms with Crippen molar-refractivity contribution < 1.29 is 22.7 Å². The summed E-state index contributed by atoms with van der Waals surface area (Å²) in [5.74, 6) is -0.105. The van der Waals surface area contributed by atoms with Crippen LogP contribution in [0.1, 0.15) is 51.5 Å². The number of hydrogen-bond acceptors (Lipinski definition) is 5. The Hall–Kier alpha value is -3.85. The van der Waals surface area contributed by atoms with Gasteiger partial charge in [-0.2, -0.15) is 0 Å². The lowest BCUT2D eigenvalue weighted by Crippen LogP contribution is -2.53. The van der Waals surface area contributed by atoms with Crippen LogP contribution >= 0.6 is 0 Å². The molecular weight excluding hydrogens is 538 g/mol. The average molecular weight is 578 g/mol. The summed E-state index contributed by atoms with van der Waals surface area (Å²) in [6, 6.07) is 23.5. The van der Waals surface area contributed by atoms with Crippen LogP contribution < -0.4 is 14.4 Å². The van der Waals surface area contributed by atoms with Crippen LogP contribution in [0.5, 0.6) is 5.75 Å². The van der Waals surface area contributed by atoms with E-state index in [0.29, 0.717) is 24.5 Å². The van der Waals surface area contributed by atoms with Crippen LogP contribution in [0.4, 0.5) is 5.69 Å². The lowest BCUT2D eigenvalue weighted by molar-refractivity contribution is -0.140. The van der Waals surface area contributed by atoms with Gasteiger partial charge in [0.25, 0.3) is 10.0 Å². The molecule has 1 N–H and O–H groups in total.